The Kier molecular flexibility index (Phi) is 12.5. The van der Waals surface area contributed by atoms with E-state index in [1.807, 2.05) is 20.8 Å². The number of rotatable bonds is 10. The molecule has 16 nitrogen and oxygen atoms in total. The van der Waals surface area contributed by atoms with Crippen molar-refractivity contribution in [1.29, 1.82) is 0 Å². The second-order valence-corrected chi connectivity index (χ2v) is 20.0. The number of esters is 4. The summed E-state index contributed by atoms with van der Waals surface area (Å²) in [6, 6.07) is 9.49. The third kappa shape index (κ3) is 7.92. The molecule has 332 valence electrons. The zero-order chi connectivity index (χ0) is 45.0. The van der Waals surface area contributed by atoms with Crippen molar-refractivity contribution in [1.82, 2.24) is 5.32 Å². The van der Waals surface area contributed by atoms with Gasteiger partial charge in [0.2, 0.25) is 0 Å². The molecular weight excluding hydrogens is 815 g/mol. The predicted molar refractivity (Wildman–Crippen MR) is 216 cm³/mol. The number of aliphatic hydroxyl groups excluding tert-OH is 3. The maximum Gasteiger partial charge on any atom is 0.338 e. The molecule has 61 heavy (non-hydrogen) atoms. The molecule has 2 aromatic rings. The highest BCUT2D eigenvalue weighted by atomic mass is 32.2. The second-order valence-electron chi connectivity index (χ2n) is 18.2. The van der Waals surface area contributed by atoms with Crippen molar-refractivity contribution in [3.63, 3.8) is 0 Å². The number of benzene rings is 1. The summed E-state index contributed by atoms with van der Waals surface area (Å²) in [6.07, 6.45) is -8.61. The van der Waals surface area contributed by atoms with Gasteiger partial charge in [-0.2, -0.15) is 0 Å². The van der Waals surface area contributed by atoms with E-state index in [-0.39, 0.29) is 41.9 Å². The third-order valence-corrected chi connectivity index (χ3v) is 14.0. The molecule has 1 aromatic carbocycles. The first-order chi connectivity index (χ1) is 28.4. The molecule has 1 aliphatic heterocycles. The van der Waals surface area contributed by atoms with E-state index in [0.717, 1.165) is 18.7 Å². The number of aliphatic hydroxyl groups is 3. The van der Waals surface area contributed by atoms with Gasteiger partial charge in [-0.15, -0.1) is 0 Å². The number of carbonyl (C=O) groups excluding carboxylic acids is 6. The first kappa shape index (κ1) is 46.0. The van der Waals surface area contributed by atoms with Crippen LogP contribution in [-0.4, -0.2) is 110 Å². The van der Waals surface area contributed by atoms with E-state index in [0.29, 0.717) is 0 Å². The SMILES string of the molecule is CC(=O)O[C@H]1C(=O)[C@@]2(C)[C@H]([C@H](OC(=O)c3ccccc3)[C@]3(CO)C[C@H](OC(=O)[C@H](O)[C@@H](NC(=O)SC(C)(C)C)c4ccco4)C(C)=C1C3(C)C)[C@]1(OC(C)=O)CO[C@@H]1C[C@@H]2O. The van der Waals surface area contributed by atoms with Gasteiger partial charge in [-0.3, -0.25) is 19.2 Å². The zero-order valence-corrected chi connectivity index (χ0v) is 36.5. The standard InChI is InChI=1S/C44H55NO15S/c1-22-27(58-38(53)32(50)31(26-16-13-17-55-26)45-39(54)61-40(4,5)6)19-43(20-46)36(59-37(52)25-14-11-10-12-15-25)34-42(9,28(49)18-29-44(34,21-56-29)60-24(3)48)35(51)33(57-23(2)47)30(22)41(43,7)8/h10-17,27-29,31-34,36,46,49-50H,18-21H2,1-9H3,(H,45,54)/t27-,28-,29+,31-,32+,33+,34-,36-,42+,43+,44-/m0/s1. The maximum atomic E-state index is 15.5. The number of nitrogens with one attached hydrogen (secondary N) is 1. The Hall–Kier alpha value is -4.55. The zero-order valence-electron chi connectivity index (χ0n) is 35.7. The Balaban J connectivity index is 1.56. The van der Waals surface area contributed by atoms with Crippen LogP contribution in [0.2, 0.25) is 0 Å². The van der Waals surface area contributed by atoms with Crippen LogP contribution >= 0.6 is 11.8 Å². The number of ketones is 1. The quantitative estimate of drug-likeness (QED) is 0.147. The minimum atomic E-state index is -2.06. The molecule has 6 rings (SSSR count). The van der Waals surface area contributed by atoms with Gasteiger partial charge >= 0.3 is 23.9 Å². The number of Topliss-reactive ketones (excluding diaryl/α,β-unsaturated/α-hetero) is 1. The third-order valence-electron chi connectivity index (χ3n) is 13.1. The number of hydrogen-bond acceptors (Lipinski definition) is 16. The monoisotopic (exact) mass is 869 g/mol. The Morgan fingerprint density at radius 3 is 2.20 bits per heavy atom. The number of thioether (sulfide) groups is 1. The Morgan fingerprint density at radius 2 is 1.66 bits per heavy atom. The lowest BCUT2D eigenvalue weighted by Gasteiger charge is -2.68. The molecule has 2 bridgehead atoms. The van der Waals surface area contributed by atoms with E-state index < -0.39 is 117 Å². The highest BCUT2D eigenvalue weighted by Crippen LogP contribution is 2.67. The average Bonchev–Trinajstić information content (AvgIpc) is 3.71. The van der Waals surface area contributed by atoms with Crippen LogP contribution in [0.4, 0.5) is 4.79 Å². The summed E-state index contributed by atoms with van der Waals surface area (Å²) >= 11 is 0.928. The maximum absolute atomic E-state index is 15.5. The van der Waals surface area contributed by atoms with Crippen molar-refractivity contribution in [2.24, 2.45) is 22.2 Å². The van der Waals surface area contributed by atoms with Crippen molar-refractivity contribution in [2.75, 3.05) is 13.2 Å². The Morgan fingerprint density at radius 1 is 0.984 bits per heavy atom. The van der Waals surface area contributed by atoms with E-state index in [1.54, 1.807) is 39.0 Å². The fraction of sp³-hybridized carbons (Fsp3) is 0.591. The minimum absolute atomic E-state index is 0.0424. The summed E-state index contributed by atoms with van der Waals surface area (Å²) in [7, 11) is 0. The lowest BCUT2D eigenvalue weighted by molar-refractivity contribution is -0.342. The minimum Gasteiger partial charge on any atom is -0.467 e. The van der Waals surface area contributed by atoms with Crippen LogP contribution in [0.25, 0.3) is 0 Å². The van der Waals surface area contributed by atoms with Crippen LogP contribution in [0.15, 0.2) is 64.3 Å². The molecule has 0 spiro atoms. The number of fused-ring (bicyclic) bond motifs is 5. The fourth-order valence-electron chi connectivity index (χ4n) is 10.1. The largest absolute Gasteiger partial charge is 0.467 e. The first-order valence-electron chi connectivity index (χ1n) is 20.2. The Bertz CT molecular complexity index is 2080. The van der Waals surface area contributed by atoms with Crippen molar-refractivity contribution >= 4 is 46.7 Å². The van der Waals surface area contributed by atoms with Crippen LogP contribution in [0.1, 0.15) is 97.3 Å². The molecule has 17 heteroatoms. The molecule has 1 aromatic heterocycles. The smallest absolute Gasteiger partial charge is 0.338 e. The molecule has 0 radical (unpaired) electrons. The lowest BCUT2D eigenvalue weighted by Crippen LogP contribution is -2.81. The van der Waals surface area contributed by atoms with Gasteiger partial charge in [0.25, 0.3) is 5.24 Å². The van der Waals surface area contributed by atoms with Crippen molar-refractivity contribution in [3.8, 4) is 0 Å². The van der Waals surface area contributed by atoms with E-state index in [9.17, 15) is 39.3 Å². The average molecular weight is 870 g/mol. The molecule has 1 amide bonds. The summed E-state index contributed by atoms with van der Waals surface area (Å²) in [4.78, 5) is 83.3. The van der Waals surface area contributed by atoms with Crippen LogP contribution in [0.5, 0.6) is 0 Å². The summed E-state index contributed by atoms with van der Waals surface area (Å²) in [6.45, 7) is 12.9. The summed E-state index contributed by atoms with van der Waals surface area (Å²) in [5.74, 6) is -5.99. The van der Waals surface area contributed by atoms with Gasteiger partial charge in [0.05, 0.1) is 42.5 Å². The highest BCUT2D eigenvalue weighted by molar-refractivity contribution is 8.14. The molecule has 11 atom stereocenters. The predicted octanol–water partition coefficient (Wildman–Crippen LogP) is 4.39. The number of ether oxygens (including phenoxy) is 5. The van der Waals surface area contributed by atoms with Gasteiger partial charge in [-0.25, -0.2) is 9.59 Å². The van der Waals surface area contributed by atoms with Crippen LogP contribution in [-0.2, 0) is 42.9 Å². The van der Waals surface area contributed by atoms with Crippen molar-refractivity contribution < 1.29 is 72.2 Å². The second kappa shape index (κ2) is 16.6. The molecular formula is C44H55NO15S. The number of furan rings is 1. The Labute approximate surface area is 358 Å². The molecule has 1 saturated heterocycles. The molecule has 4 aliphatic rings. The summed E-state index contributed by atoms with van der Waals surface area (Å²) in [5.41, 5.74) is -6.57. The molecule has 4 N–H and O–H groups in total. The van der Waals surface area contributed by atoms with E-state index in [4.69, 9.17) is 28.1 Å². The van der Waals surface area contributed by atoms with Crippen LogP contribution < -0.4 is 5.32 Å². The number of amides is 1. The van der Waals surface area contributed by atoms with Gasteiger partial charge < -0.3 is 48.7 Å². The molecule has 2 saturated carbocycles. The van der Waals surface area contributed by atoms with Crippen molar-refractivity contribution in [3.05, 3.63) is 71.2 Å². The van der Waals surface area contributed by atoms with Crippen LogP contribution in [0, 0.1) is 22.2 Å². The normalized spacial score (nSPS) is 32.6. The number of hydrogen-bond donors (Lipinski definition) is 4. The lowest BCUT2D eigenvalue weighted by atomic mass is 9.41. The van der Waals surface area contributed by atoms with E-state index in [1.165, 1.54) is 44.4 Å². The molecule has 2 heterocycles. The van der Waals surface area contributed by atoms with Gasteiger partial charge in [0, 0.05) is 42.3 Å². The van der Waals surface area contributed by atoms with E-state index in [2.05, 4.69) is 5.32 Å². The van der Waals surface area contributed by atoms with Gasteiger partial charge in [0.15, 0.2) is 23.6 Å². The van der Waals surface area contributed by atoms with E-state index >= 15 is 4.79 Å². The van der Waals surface area contributed by atoms with Gasteiger partial charge in [-0.1, -0.05) is 64.6 Å². The van der Waals surface area contributed by atoms with Gasteiger partial charge in [-0.05, 0) is 49.3 Å². The summed E-state index contributed by atoms with van der Waals surface area (Å²) < 4.78 is 35.6. The molecule has 0 unspecified atom stereocenters. The first-order valence-corrected chi connectivity index (χ1v) is 21.0. The summed E-state index contributed by atoms with van der Waals surface area (Å²) in [5, 5.41) is 37.8. The van der Waals surface area contributed by atoms with Gasteiger partial charge in [0.1, 0.15) is 30.1 Å². The fourth-order valence-corrected chi connectivity index (χ4v) is 10.8. The molecule has 3 fully saturated rings. The topological polar surface area (TPSA) is 234 Å². The van der Waals surface area contributed by atoms with Crippen molar-refractivity contribution in [2.45, 2.75) is 128 Å². The van der Waals surface area contributed by atoms with Crippen LogP contribution in [0.3, 0.4) is 0 Å². The highest BCUT2D eigenvalue weighted by Gasteiger charge is 2.78. The molecule has 3 aliphatic carbocycles. The number of carbonyl (C=O) groups is 6.